The van der Waals surface area contributed by atoms with Gasteiger partial charge < -0.3 is 19.7 Å². The number of aryl methyl sites for hydroxylation is 1. The molecule has 24 heavy (non-hydrogen) atoms. The van der Waals surface area contributed by atoms with E-state index in [0.29, 0.717) is 5.56 Å². The molecule has 0 spiro atoms. The molecule has 0 unspecified atom stereocenters. The summed E-state index contributed by atoms with van der Waals surface area (Å²) in [6.07, 6.45) is 0. The molecule has 0 saturated heterocycles. The molecule has 0 heterocycles. The van der Waals surface area contributed by atoms with Crippen LogP contribution in [0.1, 0.15) is 38.8 Å². The number of Topliss-reactive ketones (excluding diaryl/α,β-unsaturated/α-hetero) is 1. The van der Waals surface area contributed by atoms with Gasteiger partial charge in [0.05, 0.1) is 19.8 Å². The lowest BCUT2D eigenvalue weighted by molar-refractivity contribution is 0.101. The largest absolute Gasteiger partial charge is 0.504 e. The van der Waals surface area contributed by atoms with E-state index >= 15 is 0 Å². The molecule has 0 bridgehead atoms. The summed E-state index contributed by atoms with van der Waals surface area (Å²) in [6.45, 7) is 2.98. The second-order valence-electron chi connectivity index (χ2n) is 5.30. The molecule has 0 amide bonds. The second-order valence-corrected chi connectivity index (χ2v) is 5.30. The molecule has 0 atom stereocenters. The normalized spacial score (nSPS) is 10.3. The first-order valence-corrected chi connectivity index (χ1v) is 7.14. The standard InChI is InChI=1S/C18H18O6/c1-9-5-12(8-14(23-3)16(9)20)17(21)13-6-11(10(2)19)7-15(24-4)18(13)22/h5-8,20,22H,1-4H3. The van der Waals surface area contributed by atoms with Crippen molar-refractivity contribution in [3.8, 4) is 23.0 Å². The Bertz CT molecular complexity index is 823. The van der Waals surface area contributed by atoms with E-state index in [1.54, 1.807) is 6.92 Å². The van der Waals surface area contributed by atoms with E-state index in [1.165, 1.54) is 45.4 Å². The maximum Gasteiger partial charge on any atom is 0.197 e. The highest BCUT2D eigenvalue weighted by Crippen LogP contribution is 2.36. The van der Waals surface area contributed by atoms with Gasteiger partial charge in [-0.05, 0) is 43.7 Å². The predicted octanol–water partition coefficient (Wildman–Crippen LogP) is 2.86. The van der Waals surface area contributed by atoms with Crippen molar-refractivity contribution in [2.24, 2.45) is 0 Å². The van der Waals surface area contributed by atoms with E-state index in [-0.39, 0.29) is 45.5 Å². The Kier molecular flexibility index (Phi) is 4.78. The highest BCUT2D eigenvalue weighted by Gasteiger charge is 2.21. The molecule has 0 fully saturated rings. The SMILES string of the molecule is COc1cc(C(=O)c2cc(C(C)=O)cc(OC)c2O)cc(C)c1O. The Morgan fingerprint density at radius 3 is 1.96 bits per heavy atom. The highest BCUT2D eigenvalue weighted by atomic mass is 16.5. The van der Waals surface area contributed by atoms with Gasteiger partial charge in [-0.25, -0.2) is 0 Å². The van der Waals surface area contributed by atoms with Gasteiger partial charge in [-0.15, -0.1) is 0 Å². The molecular formula is C18H18O6. The number of hydrogen-bond donors (Lipinski definition) is 2. The van der Waals surface area contributed by atoms with Crippen LogP contribution in [0.2, 0.25) is 0 Å². The van der Waals surface area contributed by atoms with Gasteiger partial charge in [0, 0.05) is 11.1 Å². The summed E-state index contributed by atoms with van der Waals surface area (Å²) >= 11 is 0. The van der Waals surface area contributed by atoms with Gasteiger partial charge in [-0.3, -0.25) is 9.59 Å². The van der Waals surface area contributed by atoms with E-state index < -0.39 is 5.78 Å². The third-order valence-corrected chi connectivity index (χ3v) is 3.69. The second kappa shape index (κ2) is 6.62. The number of ketones is 2. The van der Waals surface area contributed by atoms with Crippen LogP contribution in [0.5, 0.6) is 23.0 Å². The van der Waals surface area contributed by atoms with Crippen LogP contribution in [0.25, 0.3) is 0 Å². The molecule has 0 radical (unpaired) electrons. The summed E-state index contributed by atoms with van der Waals surface area (Å²) in [7, 11) is 2.71. The van der Waals surface area contributed by atoms with Crippen LogP contribution in [-0.4, -0.2) is 36.0 Å². The van der Waals surface area contributed by atoms with Crippen molar-refractivity contribution in [1.29, 1.82) is 0 Å². The quantitative estimate of drug-likeness (QED) is 0.819. The summed E-state index contributed by atoms with van der Waals surface area (Å²) in [5.74, 6) is -1.01. The summed E-state index contributed by atoms with van der Waals surface area (Å²) in [6, 6.07) is 5.54. The number of carbonyl (C=O) groups is 2. The lowest BCUT2D eigenvalue weighted by atomic mass is 9.97. The molecule has 2 N–H and O–H groups in total. The summed E-state index contributed by atoms with van der Waals surface area (Å²) in [5, 5.41) is 20.1. The summed E-state index contributed by atoms with van der Waals surface area (Å²) in [4.78, 5) is 24.4. The zero-order valence-electron chi connectivity index (χ0n) is 13.8. The number of benzene rings is 2. The Morgan fingerprint density at radius 1 is 0.875 bits per heavy atom. The number of rotatable bonds is 5. The van der Waals surface area contributed by atoms with Crippen LogP contribution in [0.4, 0.5) is 0 Å². The number of carbonyl (C=O) groups excluding carboxylic acids is 2. The van der Waals surface area contributed by atoms with Crippen molar-refractivity contribution in [3.63, 3.8) is 0 Å². The van der Waals surface area contributed by atoms with E-state index in [9.17, 15) is 19.8 Å². The average Bonchev–Trinajstić information content (AvgIpc) is 2.56. The number of methoxy groups -OCH3 is 2. The highest BCUT2D eigenvalue weighted by molar-refractivity contribution is 6.13. The first-order valence-electron chi connectivity index (χ1n) is 7.14. The maximum absolute atomic E-state index is 12.8. The van der Waals surface area contributed by atoms with Crippen molar-refractivity contribution in [3.05, 3.63) is 46.5 Å². The summed E-state index contributed by atoms with van der Waals surface area (Å²) in [5.41, 5.74) is 0.842. The van der Waals surface area contributed by atoms with Crippen LogP contribution in [-0.2, 0) is 0 Å². The van der Waals surface area contributed by atoms with Crippen LogP contribution < -0.4 is 9.47 Å². The monoisotopic (exact) mass is 330 g/mol. The third-order valence-electron chi connectivity index (χ3n) is 3.69. The number of phenolic OH excluding ortho intramolecular Hbond substituents is 2. The van der Waals surface area contributed by atoms with Gasteiger partial charge >= 0.3 is 0 Å². The third kappa shape index (κ3) is 3.03. The first-order chi connectivity index (χ1) is 11.3. The lowest BCUT2D eigenvalue weighted by Gasteiger charge is -2.12. The number of hydrogen-bond acceptors (Lipinski definition) is 6. The van der Waals surface area contributed by atoms with Gasteiger partial charge in [0.25, 0.3) is 0 Å². The van der Waals surface area contributed by atoms with Crippen LogP contribution in [0.15, 0.2) is 24.3 Å². The average molecular weight is 330 g/mol. The van der Waals surface area contributed by atoms with Crippen molar-refractivity contribution in [1.82, 2.24) is 0 Å². The van der Waals surface area contributed by atoms with Crippen LogP contribution >= 0.6 is 0 Å². The van der Waals surface area contributed by atoms with Gasteiger partial charge in [-0.2, -0.15) is 0 Å². The summed E-state index contributed by atoms with van der Waals surface area (Å²) < 4.78 is 10.1. The fraction of sp³-hybridized carbons (Fsp3) is 0.222. The molecule has 0 aliphatic rings. The molecule has 0 saturated carbocycles. The minimum atomic E-state index is -0.518. The molecule has 6 heteroatoms. The smallest absolute Gasteiger partial charge is 0.197 e. The van der Waals surface area contributed by atoms with Crippen molar-refractivity contribution >= 4 is 11.6 Å². The van der Waals surface area contributed by atoms with Crippen molar-refractivity contribution < 1.29 is 29.3 Å². The Balaban J connectivity index is 2.64. The Morgan fingerprint density at radius 2 is 1.42 bits per heavy atom. The molecular weight excluding hydrogens is 312 g/mol. The molecule has 2 aromatic rings. The lowest BCUT2D eigenvalue weighted by Crippen LogP contribution is -2.06. The topological polar surface area (TPSA) is 93.1 Å². The maximum atomic E-state index is 12.8. The fourth-order valence-corrected chi connectivity index (χ4v) is 2.33. The van der Waals surface area contributed by atoms with Gasteiger partial charge in [0.2, 0.25) is 0 Å². The van der Waals surface area contributed by atoms with E-state index in [2.05, 4.69) is 0 Å². The number of phenols is 2. The van der Waals surface area contributed by atoms with Crippen LogP contribution in [0, 0.1) is 6.92 Å². The molecule has 2 rings (SSSR count). The van der Waals surface area contributed by atoms with E-state index in [0.717, 1.165) is 0 Å². The minimum Gasteiger partial charge on any atom is -0.504 e. The van der Waals surface area contributed by atoms with Crippen molar-refractivity contribution in [2.75, 3.05) is 14.2 Å². The fourth-order valence-electron chi connectivity index (χ4n) is 2.33. The van der Waals surface area contributed by atoms with Crippen LogP contribution in [0.3, 0.4) is 0 Å². The number of ether oxygens (including phenoxy) is 2. The Labute approximate surface area is 139 Å². The molecule has 0 aromatic heterocycles. The molecule has 2 aromatic carbocycles. The molecule has 6 nitrogen and oxygen atoms in total. The zero-order valence-corrected chi connectivity index (χ0v) is 13.8. The molecule has 0 aliphatic carbocycles. The minimum absolute atomic E-state index is 0.0357. The van der Waals surface area contributed by atoms with Crippen molar-refractivity contribution in [2.45, 2.75) is 13.8 Å². The van der Waals surface area contributed by atoms with E-state index in [4.69, 9.17) is 9.47 Å². The van der Waals surface area contributed by atoms with Gasteiger partial charge in [0.15, 0.2) is 34.6 Å². The Hall–Kier alpha value is -3.02. The number of aromatic hydroxyl groups is 2. The van der Waals surface area contributed by atoms with Gasteiger partial charge in [-0.1, -0.05) is 0 Å². The first kappa shape index (κ1) is 17.3. The predicted molar refractivity (Wildman–Crippen MR) is 87.5 cm³/mol. The zero-order chi connectivity index (χ0) is 18.0. The molecule has 126 valence electrons. The molecule has 0 aliphatic heterocycles. The van der Waals surface area contributed by atoms with E-state index in [1.807, 2.05) is 0 Å². The van der Waals surface area contributed by atoms with Gasteiger partial charge in [0.1, 0.15) is 0 Å².